The summed E-state index contributed by atoms with van der Waals surface area (Å²) < 4.78 is 0. The van der Waals surface area contributed by atoms with Crippen molar-refractivity contribution in [2.24, 2.45) is 55.9 Å². The number of guanidine groups is 2. The van der Waals surface area contributed by atoms with Crippen LogP contribution in [0.4, 0.5) is 0 Å². The molecule has 20 nitrogen and oxygen atoms in total. The van der Waals surface area contributed by atoms with Gasteiger partial charge in [0.25, 0.3) is 0 Å². The number of unbranched alkanes of at least 4 members (excludes halogenated alkanes) is 3. The van der Waals surface area contributed by atoms with E-state index in [0.717, 1.165) is 0 Å². The standard InChI is InChI=1S/C30H62N14O6/c31-14-4-1-9-19(34)24(45)41-21(12-7-17-39-29(35)36)25(46)43-22(13-8-18-40-30(37)38)26(47)42-20(10-2-5-15-32)27(48)44-23(28(49)50)11-3-6-16-33/h19-23H,1-18,31-34H2,(H,41,45)(H,42,47)(H,43,46)(H,44,48)(H,49,50)(H4,35,36,39)(H4,37,38,40). The largest absolute Gasteiger partial charge is 0.480 e. The monoisotopic (exact) mass is 714 g/mol. The Kier molecular flexibility index (Phi) is 25.2. The van der Waals surface area contributed by atoms with Crippen molar-refractivity contribution in [3.05, 3.63) is 0 Å². The van der Waals surface area contributed by atoms with E-state index in [0.29, 0.717) is 71.0 Å². The van der Waals surface area contributed by atoms with Crippen molar-refractivity contribution in [3.8, 4) is 0 Å². The van der Waals surface area contributed by atoms with Crippen LogP contribution in [0.1, 0.15) is 83.5 Å². The number of hydrogen-bond acceptors (Lipinski definition) is 11. The summed E-state index contributed by atoms with van der Waals surface area (Å²) in [7, 11) is 0. The summed E-state index contributed by atoms with van der Waals surface area (Å²) in [6, 6.07) is -5.53. The maximum Gasteiger partial charge on any atom is 0.326 e. The molecule has 5 unspecified atom stereocenters. The third kappa shape index (κ3) is 21.6. The first-order valence-corrected chi connectivity index (χ1v) is 17.2. The number of carbonyl (C=O) groups excluding carboxylic acids is 4. The fourth-order valence-corrected chi connectivity index (χ4v) is 4.79. The Morgan fingerprint density at radius 1 is 0.480 bits per heavy atom. The minimum atomic E-state index is -1.22. The van der Waals surface area contributed by atoms with Crippen molar-refractivity contribution in [1.29, 1.82) is 0 Å². The second kappa shape index (κ2) is 27.5. The highest BCUT2D eigenvalue weighted by atomic mass is 16.4. The van der Waals surface area contributed by atoms with E-state index in [1.807, 2.05) is 0 Å². The molecular formula is C30H62N14O6. The molecule has 0 fully saturated rings. The van der Waals surface area contributed by atoms with Crippen LogP contribution in [0, 0.1) is 0 Å². The molecule has 0 saturated heterocycles. The number of rotatable bonds is 29. The Morgan fingerprint density at radius 2 is 0.800 bits per heavy atom. The van der Waals surface area contributed by atoms with Crippen LogP contribution in [0.15, 0.2) is 9.98 Å². The Hall–Kier alpha value is -4.27. The van der Waals surface area contributed by atoms with Crippen LogP contribution in [0.3, 0.4) is 0 Å². The minimum absolute atomic E-state index is 0.0512. The molecule has 0 aliphatic carbocycles. The van der Waals surface area contributed by atoms with E-state index in [9.17, 15) is 29.1 Å². The Morgan fingerprint density at radius 3 is 1.16 bits per heavy atom. The van der Waals surface area contributed by atoms with E-state index in [1.165, 1.54) is 0 Å². The molecule has 0 rings (SSSR count). The summed E-state index contributed by atoms with van der Waals surface area (Å²) >= 11 is 0. The van der Waals surface area contributed by atoms with Crippen LogP contribution in [0.25, 0.3) is 0 Å². The van der Waals surface area contributed by atoms with Gasteiger partial charge in [-0.1, -0.05) is 6.42 Å². The zero-order chi connectivity index (χ0) is 37.9. The van der Waals surface area contributed by atoms with E-state index in [4.69, 9.17) is 45.9 Å². The lowest BCUT2D eigenvalue weighted by molar-refractivity contribution is -0.142. The highest BCUT2D eigenvalue weighted by Gasteiger charge is 2.31. The lowest BCUT2D eigenvalue weighted by atomic mass is 10.0. The number of nitrogens with two attached hydrogens (primary N) is 8. The highest BCUT2D eigenvalue weighted by molar-refractivity contribution is 5.95. The third-order valence-electron chi connectivity index (χ3n) is 7.60. The number of nitrogens with zero attached hydrogens (tertiary/aromatic N) is 2. The summed E-state index contributed by atoms with van der Waals surface area (Å²) in [5, 5.41) is 20.2. The zero-order valence-corrected chi connectivity index (χ0v) is 29.1. The van der Waals surface area contributed by atoms with E-state index in [-0.39, 0.29) is 57.1 Å². The molecular weight excluding hydrogens is 652 g/mol. The van der Waals surface area contributed by atoms with E-state index < -0.39 is 59.8 Å². The summed E-state index contributed by atoms with van der Waals surface area (Å²) in [5.41, 5.74) is 44.4. The van der Waals surface area contributed by atoms with Crippen molar-refractivity contribution in [1.82, 2.24) is 21.3 Å². The van der Waals surface area contributed by atoms with Gasteiger partial charge in [-0.25, -0.2) is 4.79 Å². The van der Waals surface area contributed by atoms with Gasteiger partial charge in [0, 0.05) is 13.1 Å². The van der Waals surface area contributed by atoms with Crippen molar-refractivity contribution in [2.75, 3.05) is 32.7 Å². The molecule has 4 amide bonds. The van der Waals surface area contributed by atoms with Crippen molar-refractivity contribution in [3.63, 3.8) is 0 Å². The molecule has 0 aliphatic rings. The summed E-state index contributed by atoms with van der Waals surface area (Å²) in [6.45, 7) is 1.48. The topological polar surface area (TPSA) is 387 Å². The molecule has 0 heterocycles. The van der Waals surface area contributed by atoms with Gasteiger partial charge in [-0.05, 0) is 96.7 Å². The van der Waals surface area contributed by atoms with Crippen LogP contribution in [0.2, 0.25) is 0 Å². The van der Waals surface area contributed by atoms with E-state index in [2.05, 4.69) is 31.3 Å². The minimum Gasteiger partial charge on any atom is -0.480 e. The first-order chi connectivity index (χ1) is 23.8. The number of hydrogen-bond donors (Lipinski definition) is 13. The molecule has 0 aliphatic heterocycles. The van der Waals surface area contributed by atoms with Gasteiger partial charge in [0.15, 0.2) is 11.9 Å². The number of carbonyl (C=O) groups is 5. The molecule has 0 spiro atoms. The summed E-state index contributed by atoms with van der Waals surface area (Å²) in [4.78, 5) is 73.3. The Balaban J connectivity index is 6.15. The molecule has 0 aromatic carbocycles. The summed E-state index contributed by atoms with van der Waals surface area (Å²) in [6.07, 6.45) is 4.73. The summed E-state index contributed by atoms with van der Waals surface area (Å²) in [5.74, 6) is -4.17. The van der Waals surface area contributed by atoms with Gasteiger partial charge in [0.1, 0.15) is 24.2 Å². The highest BCUT2D eigenvalue weighted by Crippen LogP contribution is 2.09. The molecule has 0 saturated carbocycles. The normalized spacial score (nSPS) is 13.8. The van der Waals surface area contributed by atoms with Gasteiger partial charge in [0.2, 0.25) is 23.6 Å². The Labute approximate surface area is 294 Å². The third-order valence-corrected chi connectivity index (χ3v) is 7.60. The van der Waals surface area contributed by atoms with Gasteiger partial charge in [0.05, 0.1) is 6.04 Å². The second-order valence-corrected chi connectivity index (χ2v) is 11.9. The van der Waals surface area contributed by atoms with Gasteiger partial charge < -0.3 is 72.2 Å². The first kappa shape index (κ1) is 45.7. The van der Waals surface area contributed by atoms with Crippen LogP contribution < -0.4 is 67.1 Å². The second-order valence-electron chi connectivity index (χ2n) is 11.9. The molecule has 0 aromatic rings. The fourth-order valence-electron chi connectivity index (χ4n) is 4.79. The predicted octanol–water partition coefficient (Wildman–Crippen LogP) is -4.17. The molecule has 288 valence electrons. The Bertz CT molecular complexity index is 1080. The molecule has 50 heavy (non-hydrogen) atoms. The molecule has 20 heteroatoms. The van der Waals surface area contributed by atoms with Gasteiger partial charge in [-0.3, -0.25) is 29.2 Å². The average Bonchev–Trinajstić information content (AvgIpc) is 3.05. The molecule has 0 bridgehead atoms. The van der Waals surface area contributed by atoms with Crippen molar-refractivity contribution < 1.29 is 29.1 Å². The smallest absolute Gasteiger partial charge is 0.326 e. The number of aliphatic carboxylic acids is 1. The van der Waals surface area contributed by atoms with E-state index in [1.54, 1.807) is 0 Å². The number of aliphatic imine (C=N–C) groups is 2. The van der Waals surface area contributed by atoms with Crippen LogP contribution in [0.5, 0.6) is 0 Å². The zero-order valence-electron chi connectivity index (χ0n) is 29.1. The SMILES string of the molecule is NCCCCC(N)C(=O)NC(CCCN=C(N)N)C(=O)NC(CCCN=C(N)N)C(=O)NC(CCCCN)C(=O)NC(CCCCN)C(=O)O. The van der Waals surface area contributed by atoms with Crippen molar-refractivity contribution >= 4 is 41.5 Å². The van der Waals surface area contributed by atoms with E-state index >= 15 is 0 Å². The van der Waals surface area contributed by atoms with Crippen LogP contribution in [-0.2, 0) is 24.0 Å². The van der Waals surface area contributed by atoms with Crippen molar-refractivity contribution in [2.45, 2.75) is 114 Å². The maximum absolute atomic E-state index is 13.7. The number of nitrogens with one attached hydrogen (secondary N) is 4. The van der Waals surface area contributed by atoms with Crippen LogP contribution >= 0.6 is 0 Å². The molecule has 0 aromatic heterocycles. The maximum atomic E-state index is 13.7. The lowest BCUT2D eigenvalue weighted by Crippen LogP contribution is -2.58. The first-order valence-electron chi connectivity index (χ1n) is 17.2. The molecule has 0 radical (unpaired) electrons. The van der Waals surface area contributed by atoms with Gasteiger partial charge >= 0.3 is 5.97 Å². The lowest BCUT2D eigenvalue weighted by Gasteiger charge is -2.26. The quantitative estimate of drug-likeness (QED) is 0.0199. The van der Waals surface area contributed by atoms with Gasteiger partial charge in [-0.15, -0.1) is 0 Å². The number of amides is 4. The van der Waals surface area contributed by atoms with Gasteiger partial charge in [-0.2, -0.15) is 0 Å². The number of carboxylic acid groups (broad SMARTS) is 1. The van der Waals surface area contributed by atoms with Crippen LogP contribution in [-0.4, -0.2) is 110 Å². The predicted molar refractivity (Wildman–Crippen MR) is 192 cm³/mol. The molecule has 21 N–H and O–H groups in total. The molecule has 5 atom stereocenters. The fraction of sp³-hybridized carbons (Fsp3) is 0.767. The average molecular weight is 715 g/mol. The number of carboxylic acids is 1.